The van der Waals surface area contributed by atoms with Crippen LogP contribution in [-0.2, 0) is 6.42 Å². The van der Waals surface area contributed by atoms with Crippen molar-refractivity contribution in [2.75, 3.05) is 37.6 Å². The first-order chi connectivity index (χ1) is 13.1. The third-order valence-electron chi connectivity index (χ3n) is 4.95. The fraction of sp³-hybridized carbons (Fsp3) is 0.364. The number of anilines is 1. The van der Waals surface area contributed by atoms with Crippen molar-refractivity contribution >= 4 is 17.5 Å². The Hall–Kier alpha value is -2.82. The van der Waals surface area contributed by atoms with Crippen molar-refractivity contribution in [1.29, 1.82) is 0 Å². The molecule has 5 heteroatoms. The number of nitrogens with one attached hydrogen (secondary N) is 1. The van der Waals surface area contributed by atoms with Crippen LogP contribution in [0.1, 0.15) is 29.3 Å². The van der Waals surface area contributed by atoms with Crippen molar-refractivity contribution in [3.63, 3.8) is 0 Å². The van der Waals surface area contributed by atoms with Crippen molar-refractivity contribution in [1.82, 2.24) is 10.2 Å². The summed E-state index contributed by atoms with van der Waals surface area (Å²) < 4.78 is 0. The molecule has 0 radical (unpaired) electrons. The van der Waals surface area contributed by atoms with Crippen LogP contribution in [0.15, 0.2) is 54.6 Å². The zero-order chi connectivity index (χ0) is 19.1. The van der Waals surface area contributed by atoms with E-state index in [-0.39, 0.29) is 11.8 Å². The summed E-state index contributed by atoms with van der Waals surface area (Å²) in [5.74, 6) is 0.0744. The molecule has 1 heterocycles. The van der Waals surface area contributed by atoms with Crippen molar-refractivity contribution in [2.45, 2.75) is 19.8 Å². The summed E-state index contributed by atoms with van der Waals surface area (Å²) in [5.41, 5.74) is 3.07. The SMILES string of the molecule is CC(=O)c1cccc(N2CCN(C(=O)NCCCc3ccccc3)CC2)c1. The molecule has 0 bridgehead atoms. The molecule has 2 aromatic carbocycles. The van der Waals surface area contributed by atoms with Crippen molar-refractivity contribution in [3.8, 4) is 0 Å². The van der Waals surface area contributed by atoms with E-state index in [2.05, 4.69) is 22.3 Å². The number of nitrogens with zero attached hydrogens (tertiary/aromatic N) is 2. The first-order valence-corrected chi connectivity index (χ1v) is 9.56. The number of carbonyl (C=O) groups is 2. The Morgan fingerprint density at radius 3 is 2.41 bits per heavy atom. The van der Waals surface area contributed by atoms with Crippen molar-refractivity contribution in [3.05, 3.63) is 65.7 Å². The zero-order valence-electron chi connectivity index (χ0n) is 15.9. The van der Waals surface area contributed by atoms with Crippen LogP contribution in [0, 0.1) is 0 Å². The fourth-order valence-corrected chi connectivity index (χ4v) is 3.33. The smallest absolute Gasteiger partial charge is 0.317 e. The second kappa shape index (κ2) is 9.21. The Morgan fingerprint density at radius 2 is 1.70 bits per heavy atom. The second-order valence-electron chi connectivity index (χ2n) is 6.90. The maximum Gasteiger partial charge on any atom is 0.317 e. The van der Waals surface area contributed by atoms with Gasteiger partial charge in [-0.15, -0.1) is 0 Å². The Kier molecular flexibility index (Phi) is 6.47. The summed E-state index contributed by atoms with van der Waals surface area (Å²) in [4.78, 5) is 28.0. The molecule has 0 unspecified atom stereocenters. The molecule has 3 rings (SSSR count). The highest BCUT2D eigenvalue weighted by Gasteiger charge is 2.21. The van der Waals surface area contributed by atoms with Crippen molar-refractivity contribution < 1.29 is 9.59 Å². The van der Waals surface area contributed by atoms with Gasteiger partial charge in [0.1, 0.15) is 0 Å². The van der Waals surface area contributed by atoms with Crippen molar-refractivity contribution in [2.24, 2.45) is 0 Å². The minimum Gasteiger partial charge on any atom is -0.368 e. The van der Waals surface area contributed by atoms with Crippen LogP contribution >= 0.6 is 0 Å². The number of aryl methyl sites for hydroxylation is 1. The van der Waals surface area contributed by atoms with Crippen LogP contribution in [0.4, 0.5) is 10.5 Å². The van der Waals surface area contributed by atoms with Gasteiger partial charge in [0.05, 0.1) is 0 Å². The molecular formula is C22H27N3O2. The Balaban J connectivity index is 1.41. The quantitative estimate of drug-likeness (QED) is 0.631. The lowest BCUT2D eigenvalue weighted by Gasteiger charge is -2.36. The van der Waals surface area contributed by atoms with Crippen LogP contribution in [0.25, 0.3) is 0 Å². The summed E-state index contributed by atoms with van der Waals surface area (Å²) in [5, 5.41) is 3.03. The van der Waals surface area contributed by atoms with E-state index in [0.717, 1.165) is 37.2 Å². The molecule has 1 saturated heterocycles. The Bertz CT molecular complexity index is 768. The molecule has 0 spiro atoms. The lowest BCUT2D eigenvalue weighted by molar-refractivity contribution is 0.101. The summed E-state index contributed by atoms with van der Waals surface area (Å²) in [6, 6.07) is 18.0. The fourth-order valence-electron chi connectivity index (χ4n) is 3.33. The predicted octanol–water partition coefficient (Wildman–Crippen LogP) is 3.35. The number of Topliss-reactive ketones (excluding diaryl/α,β-unsaturated/α-hetero) is 1. The average molecular weight is 365 g/mol. The highest BCUT2D eigenvalue weighted by atomic mass is 16.2. The molecule has 1 aliphatic rings. The number of hydrogen-bond donors (Lipinski definition) is 1. The minimum atomic E-state index is 0.0141. The van der Waals surface area contributed by atoms with E-state index < -0.39 is 0 Å². The number of rotatable bonds is 6. The van der Waals surface area contributed by atoms with Gasteiger partial charge >= 0.3 is 6.03 Å². The highest BCUT2D eigenvalue weighted by Crippen LogP contribution is 2.18. The van der Waals surface area contributed by atoms with Gasteiger partial charge in [0.2, 0.25) is 0 Å². The first-order valence-electron chi connectivity index (χ1n) is 9.56. The Labute approximate surface area is 161 Å². The van der Waals surface area contributed by atoms with Gasteiger partial charge in [0, 0.05) is 44.0 Å². The van der Waals surface area contributed by atoms with Crippen LogP contribution in [0.2, 0.25) is 0 Å². The van der Waals surface area contributed by atoms with E-state index in [0.29, 0.717) is 19.6 Å². The minimum absolute atomic E-state index is 0.0141. The molecule has 0 saturated carbocycles. The molecule has 0 aromatic heterocycles. The van der Waals surface area contributed by atoms with Crippen LogP contribution in [0.3, 0.4) is 0 Å². The molecule has 27 heavy (non-hydrogen) atoms. The summed E-state index contributed by atoms with van der Waals surface area (Å²) in [7, 11) is 0. The molecule has 5 nitrogen and oxygen atoms in total. The van der Waals surface area contributed by atoms with E-state index in [1.54, 1.807) is 6.92 Å². The topological polar surface area (TPSA) is 52.7 Å². The van der Waals surface area contributed by atoms with Gasteiger partial charge in [-0.1, -0.05) is 42.5 Å². The largest absolute Gasteiger partial charge is 0.368 e. The van der Waals surface area contributed by atoms with E-state index in [1.807, 2.05) is 47.4 Å². The number of carbonyl (C=O) groups excluding carboxylic acids is 2. The number of ketones is 1. The molecule has 0 atom stereocenters. The molecule has 0 aliphatic carbocycles. The molecule has 2 amide bonds. The van der Waals surface area contributed by atoms with E-state index in [1.165, 1.54) is 5.56 Å². The maximum absolute atomic E-state index is 12.3. The molecule has 1 aliphatic heterocycles. The first kappa shape index (κ1) is 19.0. The lowest BCUT2D eigenvalue weighted by atomic mass is 10.1. The predicted molar refractivity (Wildman–Crippen MR) is 108 cm³/mol. The number of urea groups is 1. The van der Waals surface area contributed by atoms with Gasteiger partial charge in [-0.3, -0.25) is 4.79 Å². The highest BCUT2D eigenvalue weighted by molar-refractivity contribution is 5.95. The maximum atomic E-state index is 12.3. The van der Waals surface area contributed by atoms with Crippen LogP contribution in [0.5, 0.6) is 0 Å². The van der Waals surface area contributed by atoms with Gasteiger partial charge in [-0.05, 0) is 37.5 Å². The summed E-state index contributed by atoms with van der Waals surface area (Å²) in [6.07, 6.45) is 1.91. The van der Waals surface area contributed by atoms with Crippen LogP contribution < -0.4 is 10.2 Å². The third kappa shape index (κ3) is 5.33. The zero-order valence-corrected chi connectivity index (χ0v) is 15.9. The average Bonchev–Trinajstić information content (AvgIpc) is 2.72. The lowest BCUT2D eigenvalue weighted by Crippen LogP contribution is -2.52. The molecule has 1 fully saturated rings. The molecule has 2 aromatic rings. The summed E-state index contributed by atoms with van der Waals surface area (Å²) in [6.45, 7) is 5.20. The van der Waals surface area contributed by atoms with E-state index in [4.69, 9.17) is 0 Å². The number of hydrogen-bond acceptors (Lipinski definition) is 3. The number of amides is 2. The summed E-state index contributed by atoms with van der Waals surface area (Å²) >= 11 is 0. The molecular weight excluding hydrogens is 338 g/mol. The number of piperazine rings is 1. The standard InChI is InChI=1S/C22H27N3O2/c1-18(26)20-10-5-11-21(17-20)24-13-15-25(16-14-24)22(27)23-12-6-9-19-7-3-2-4-8-19/h2-5,7-8,10-11,17H,6,9,12-16H2,1H3,(H,23,27). The van der Waals surface area contributed by atoms with Crippen LogP contribution in [-0.4, -0.2) is 49.4 Å². The van der Waals surface area contributed by atoms with Gasteiger partial charge in [-0.2, -0.15) is 0 Å². The van der Waals surface area contributed by atoms with E-state index in [9.17, 15) is 9.59 Å². The normalized spacial score (nSPS) is 14.1. The van der Waals surface area contributed by atoms with Gasteiger partial charge < -0.3 is 15.1 Å². The van der Waals surface area contributed by atoms with Gasteiger partial charge in [0.25, 0.3) is 0 Å². The molecule has 1 N–H and O–H groups in total. The number of benzene rings is 2. The van der Waals surface area contributed by atoms with Gasteiger partial charge in [0.15, 0.2) is 5.78 Å². The van der Waals surface area contributed by atoms with E-state index >= 15 is 0 Å². The monoisotopic (exact) mass is 365 g/mol. The third-order valence-corrected chi connectivity index (χ3v) is 4.95. The van der Waals surface area contributed by atoms with Gasteiger partial charge in [-0.25, -0.2) is 4.79 Å². The second-order valence-corrected chi connectivity index (χ2v) is 6.90. The molecule has 142 valence electrons. The Morgan fingerprint density at radius 1 is 0.963 bits per heavy atom.